The molecular weight excluding hydrogens is 489 g/mol. The Morgan fingerprint density at radius 3 is 2.42 bits per heavy atom. The Bertz CT molecular complexity index is 1160. The van der Waals surface area contributed by atoms with Crippen LogP contribution in [0.5, 0.6) is 11.5 Å². The first-order chi connectivity index (χ1) is 16.5. The molecule has 0 saturated carbocycles. The van der Waals surface area contributed by atoms with Gasteiger partial charge in [0.2, 0.25) is 0 Å². The first kappa shape index (κ1) is 28.9. The number of nitrogens with zero attached hydrogens (tertiary/aromatic N) is 1. The van der Waals surface area contributed by atoms with E-state index in [1.165, 1.54) is 4.90 Å². The predicted molar refractivity (Wildman–Crippen MR) is 139 cm³/mol. The summed E-state index contributed by atoms with van der Waals surface area (Å²) in [7, 11) is 0. The van der Waals surface area contributed by atoms with Crippen LogP contribution in [-0.2, 0) is 16.8 Å². The predicted octanol–water partition coefficient (Wildman–Crippen LogP) is 4.86. The summed E-state index contributed by atoms with van der Waals surface area (Å²) in [6.45, 7) is 9.91. The van der Waals surface area contributed by atoms with Crippen LogP contribution in [0.15, 0.2) is 24.3 Å². The Morgan fingerprint density at radius 1 is 1.17 bits per heavy atom. The van der Waals surface area contributed by atoms with E-state index in [0.717, 1.165) is 5.56 Å². The lowest BCUT2D eigenvalue weighted by atomic mass is 9.84. The van der Waals surface area contributed by atoms with Crippen LogP contribution in [0.2, 0.25) is 0 Å². The number of ketones is 1. The van der Waals surface area contributed by atoms with E-state index in [0.29, 0.717) is 23.4 Å². The lowest BCUT2D eigenvalue weighted by molar-refractivity contribution is -0.134. The van der Waals surface area contributed by atoms with Crippen LogP contribution < -0.4 is 14.8 Å². The fourth-order valence-electron chi connectivity index (χ4n) is 4.09. The lowest BCUT2D eigenvalue weighted by Crippen LogP contribution is -2.30. The molecule has 0 fully saturated rings. The van der Waals surface area contributed by atoms with Crippen LogP contribution in [0.3, 0.4) is 0 Å². The number of amidine groups is 1. The van der Waals surface area contributed by atoms with Crippen molar-refractivity contribution in [2.24, 2.45) is 0 Å². The Morgan fingerprint density at radius 2 is 1.83 bits per heavy atom. The smallest absolute Gasteiger partial charge is 0.322 e. The molecule has 0 aliphatic carbocycles. The minimum absolute atomic E-state index is 0. The lowest BCUT2D eigenvalue weighted by Gasteiger charge is -2.24. The average molecular weight is 522 g/mol. The third kappa shape index (κ3) is 6.07. The molecule has 8 nitrogen and oxygen atoms in total. The van der Waals surface area contributed by atoms with Crippen molar-refractivity contribution in [3.8, 4) is 11.5 Å². The molecule has 0 radical (unpaired) electrons. The number of halogens is 2. The van der Waals surface area contributed by atoms with Crippen LogP contribution in [-0.4, -0.2) is 53.9 Å². The second kappa shape index (κ2) is 11.6. The van der Waals surface area contributed by atoms with Crippen molar-refractivity contribution in [3.63, 3.8) is 0 Å². The minimum atomic E-state index is -0.982. The molecule has 0 atom stereocenters. The average Bonchev–Trinajstić information content (AvgIpc) is 3.09. The number of hydrogen-bond donors (Lipinski definition) is 3. The summed E-state index contributed by atoms with van der Waals surface area (Å²) in [5, 5.41) is 20.4. The zero-order valence-corrected chi connectivity index (χ0v) is 22.0. The Hall–Kier alpha value is -3.33. The van der Waals surface area contributed by atoms with Crippen molar-refractivity contribution in [1.82, 2.24) is 4.90 Å². The molecule has 3 rings (SSSR count). The van der Waals surface area contributed by atoms with Gasteiger partial charge in [-0.1, -0.05) is 20.8 Å². The Labute approximate surface area is 216 Å². The standard InChI is InChI=1S/C26H32FN3O5.ClH/c1-6-34-20-11-16-13-30(25(28)22(16)23(27)24(20)35-7-2)14-19(31)15-8-9-18(29-12-21(32)33)17(10-15)26(3,4)5;/h8-11,28-29H,6-7,12-14H2,1-5H3,(H,32,33);1H. The molecule has 2 aromatic carbocycles. The van der Waals surface area contributed by atoms with Gasteiger partial charge in [0.15, 0.2) is 23.1 Å². The maximum absolute atomic E-state index is 15.3. The molecule has 0 amide bonds. The summed E-state index contributed by atoms with van der Waals surface area (Å²) >= 11 is 0. The van der Waals surface area contributed by atoms with E-state index in [9.17, 15) is 9.59 Å². The van der Waals surface area contributed by atoms with Crippen molar-refractivity contribution in [1.29, 1.82) is 5.41 Å². The van der Waals surface area contributed by atoms with Gasteiger partial charge in [-0.3, -0.25) is 15.0 Å². The van der Waals surface area contributed by atoms with E-state index >= 15 is 4.39 Å². The molecule has 1 heterocycles. The molecule has 0 bridgehead atoms. The van der Waals surface area contributed by atoms with Gasteiger partial charge in [-0.15, -0.1) is 12.4 Å². The van der Waals surface area contributed by atoms with Crippen LogP contribution in [0.4, 0.5) is 10.1 Å². The van der Waals surface area contributed by atoms with Gasteiger partial charge in [-0.05, 0) is 54.7 Å². The van der Waals surface area contributed by atoms with Gasteiger partial charge in [0.25, 0.3) is 0 Å². The summed E-state index contributed by atoms with van der Waals surface area (Å²) in [5.74, 6) is -1.68. The summed E-state index contributed by atoms with van der Waals surface area (Å²) in [5.41, 5.74) is 2.22. The molecule has 0 aromatic heterocycles. The van der Waals surface area contributed by atoms with E-state index in [4.69, 9.17) is 20.0 Å². The highest BCUT2D eigenvalue weighted by Crippen LogP contribution is 2.39. The van der Waals surface area contributed by atoms with Gasteiger partial charge in [-0.2, -0.15) is 0 Å². The number of carboxylic acid groups (broad SMARTS) is 1. The van der Waals surface area contributed by atoms with E-state index in [1.807, 2.05) is 20.8 Å². The molecule has 1 aliphatic heterocycles. The zero-order chi connectivity index (χ0) is 25.9. The minimum Gasteiger partial charge on any atom is -0.490 e. The molecule has 1 aliphatic rings. The van der Waals surface area contributed by atoms with E-state index in [1.54, 1.807) is 38.1 Å². The number of fused-ring (bicyclic) bond motifs is 1. The fourth-order valence-corrected chi connectivity index (χ4v) is 4.09. The van der Waals surface area contributed by atoms with E-state index < -0.39 is 11.8 Å². The second-order valence-corrected chi connectivity index (χ2v) is 9.30. The molecular formula is C26H33ClFN3O5. The highest BCUT2D eigenvalue weighted by atomic mass is 35.5. The molecule has 36 heavy (non-hydrogen) atoms. The number of nitrogens with one attached hydrogen (secondary N) is 2. The number of hydrogen-bond acceptors (Lipinski definition) is 6. The highest BCUT2D eigenvalue weighted by Gasteiger charge is 2.33. The van der Waals surface area contributed by atoms with Crippen LogP contribution in [0.25, 0.3) is 0 Å². The number of aliphatic carboxylic acids is 1. The van der Waals surface area contributed by atoms with Crippen LogP contribution >= 0.6 is 12.4 Å². The third-order valence-corrected chi connectivity index (χ3v) is 5.69. The number of carbonyl (C=O) groups excluding carboxylic acids is 1. The quantitative estimate of drug-likeness (QED) is 0.383. The van der Waals surface area contributed by atoms with Gasteiger partial charge in [0.05, 0.1) is 25.3 Å². The number of ether oxygens (including phenoxy) is 2. The SMILES string of the molecule is CCOc1cc2c(c(F)c1OCC)C(=N)N(CC(=O)c1ccc(NCC(=O)O)c(C(C)(C)C)c1)C2.Cl. The van der Waals surface area contributed by atoms with E-state index in [2.05, 4.69) is 5.32 Å². The second-order valence-electron chi connectivity index (χ2n) is 9.30. The Balaban J connectivity index is 0.00000456. The largest absolute Gasteiger partial charge is 0.490 e. The van der Waals surface area contributed by atoms with Crippen LogP contribution in [0.1, 0.15) is 61.7 Å². The van der Waals surface area contributed by atoms with Crippen molar-refractivity contribution < 1.29 is 28.6 Å². The number of carboxylic acids is 1. The van der Waals surface area contributed by atoms with Crippen molar-refractivity contribution >= 4 is 35.7 Å². The molecule has 2 aromatic rings. The highest BCUT2D eigenvalue weighted by molar-refractivity contribution is 6.06. The topological polar surface area (TPSA) is 112 Å². The monoisotopic (exact) mass is 521 g/mol. The van der Waals surface area contributed by atoms with Crippen molar-refractivity contribution in [2.75, 3.05) is 31.6 Å². The maximum Gasteiger partial charge on any atom is 0.322 e. The van der Waals surface area contributed by atoms with Gasteiger partial charge < -0.3 is 24.8 Å². The van der Waals surface area contributed by atoms with Gasteiger partial charge >= 0.3 is 5.97 Å². The van der Waals surface area contributed by atoms with Gasteiger partial charge in [0, 0.05) is 17.8 Å². The molecule has 196 valence electrons. The number of benzene rings is 2. The van der Waals surface area contributed by atoms with Crippen molar-refractivity contribution in [2.45, 2.75) is 46.6 Å². The normalized spacial score (nSPS) is 12.6. The molecule has 10 heteroatoms. The van der Waals surface area contributed by atoms with Crippen LogP contribution in [0, 0.1) is 11.2 Å². The number of rotatable bonds is 10. The molecule has 0 spiro atoms. The summed E-state index contributed by atoms with van der Waals surface area (Å²) < 4.78 is 26.3. The van der Waals surface area contributed by atoms with Crippen molar-refractivity contribution in [3.05, 3.63) is 52.3 Å². The molecule has 0 unspecified atom stereocenters. The number of anilines is 1. The fraction of sp³-hybridized carbons (Fsp3) is 0.423. The zero-order valence-electron chi connectivity index (χ0n) is 21.2. The maximum atomic E-state index is 15.3. The summed E-state index contributed by atoms with van der Waals surface area (Å²) in [6, 6.07) is 6.76. The number of Topliss-reactive ketones (excluding diaryl/α,β-unsaturated/α-hetero) is 1. The van der Waals surface area contributed by atoms with E-state index in [-0.39, 0.29) is 72.7 Å². The Kier molecular flexibility index (Phi) is 9.32. The summed E-state index contributed by atoms with van der Waals surface area (Å²) in [4.78, 5) is 25.7. The first-order valence-electron chi connectivity index (χ1n) is 11.6. The first-order valence-corrected chi connectivity index (χ1v) is 11.6. The van der Waals surface area contributed by atoms with Gasteiger partial charge in [0.1, 0.15) is 12.4 Å². The third-order valence-electron chi connectivity index (χ3n) is 5.69. The molecule has 0 saturated heterocycles. The molecule has 3 N–H and O–H groups in total. The number of carbonyl (C=O) groups is 2. The van der Waals surface area contributed by atoms with Gasteiger partial charge in [-0.25, -0.2) is 4.39 Å². The summed E-state index contributed by atoms with van der Waals surface area (Å²) in [6.07, 6.45) is 0.